The minimum atomic E-state index is 0.210. The third-order valence-electron chi connectivity index (χ3n) is 4.87. The molecule has 0 radical (unpaired) electrons. The summed E-state index contributed by atoms with van der Waals surface area (Å²) in [4.78, 5) is 20.8. The van der Waals surface area contributed by atoms with Crippen LogP contribution in [-0.2, 0) is 4.79 Å². The first kappa shape index (κ1) is 14.7. The molecule has 1 fully saturated rings. The fourth-order valence-electron chi connectivity index (χ4n) is 3.74. The van der Waals surface area contributed by atoms with Crippen LogP contribution in [-0.4, -0.2) is 41.3 Å². The highest BCUT2D eigenvalue weighted by molar-refractivity contribution is 5.96. The lowest BCUT2D eigenvalue weighted by Crippen LogP contribution is -2.52. The van der Waals surface area contributed by atoms with Gasteiger partial charge >= 0.3 is 0 Å². The second-order valence-corrected chi connectivity index (χ2v) is 6.42. The molecule has 2 aliphatic heterocycles. The second-order valence-electron chi connectivity index (χ2n) is 6.42. The maximum atomic E-state index is 11.8. The molecule has 3 heterocycles. The summed E-state index contributed by atoms with van der Waals surface area (Å²) >= 11 is 0. The number of anilines is 1. The van der Waals surface area contributed by atoms with Crippen LogP contribution >= 0.6 is 0 Å². The molecule has 2 aliphatic rings. The number of fused-ring (bicyclic) bond motifs is 2. The number of hydrogen-bond acceptors (Lipinski definition) is 5. The zero-order valence-electron chi connectivity index (χ0n) is 13.6. The quantitative estimate of drug-likeness (QED) is 0.808. The molecule has 120 valence electrons. The number of nitriles is 1. The Bertz CT molecular complexity index is 896. The zero-order valence-corrected chi connectivity index (χ0v) is 13.6. The first-order valence-electron chi connectivity index (χ1n) is 8.20. The fraction of sp³-hybridized carbons (Fsp3) is 0.316. The molecule has 1 atom stereocenters. The average Bonchev–Trinajstić information content (AvgIpc) is 2.60. The Labute approximate surface area is 140 Å². The standard InChI is InChI=1S/C19H18N4O/c1-13-11-22(12-15-9-16(24)6-8-23(13)15)18-5-4-14(10-20)19-17(18)3-2-7-21-19/h2-5,7,9,13H,6,8,11-12H2,1H3/t13-/m1/s1. The minimum Gasteiger partial charge on any atom is -0.368 e. The van der Waals surface area contributed by atoms with Crippen molar-refractivity contribution in [3.63, 3.8) is 0 Å². The molecule has 0 bridgehead atoms. The summed E-state index contributed by atoms with van der Waals surface area (Å²) in [6.07, 6.45) is 4.11. The molecular formula is C19H18N4O. The van der Waals surface area contributed by atoms with E-state index in [4.69, 9.17) is 0 Å². The van der Waals surface area contributed by atoms with Gasteiger partial charge in [0.25, 0.3) is 0 Å². The number of pyridine rings is 1. The molecular weight excluding hydrogens is 300 g/mol. The monoisotopic (exact) mass is 318 g/mol. The van der Waals surface area contributed by atoms with E-state index in [1.165, 1.54) is 0 Å². The van der Waals surface area contributed by atoms with E-state index in [-0.39, 0.29) is 5.78 Å². The van der Waals surface area contributed by atoms with E-state index < -0.39 is 0 Å². The molecule has 24 heavy (non-hydrogen) atoms. The van der Waals surface area contributed by atoms with Crippen LogP contribution in [0.15, 0.2) is 42.2 Å². The first-order valence-corrected chi connectivity index (χ1v) is 8.20. The van der Waals surface area contributed by atoms with Crippen molar-refractivity contribution in [2.24, 2.45) is 0 Å². The Hall–Kier alpha value is -2.87. The van der Waals surface area contributed by atoms with Gasteiger partial charge in [-0.2, -0.15) is 5.26 Å². The Morgan fingerprint density at radius 1 is 1.33 bits per heavy atom. The summed E-state index contributed by atoms with van der Waals surface area (Å²) < 4.78 is 0. The molecule has 1 aromatic carbocycles. The van der Waals surface area contributed by atoms with E-state index in [1.54, 1.807) is 12.3 Å². The summed E-state index contributed by atoms with van der Waals surface area (Å²) in [6, 6.07) is 10.3. The fourth-order valence-corrected chi connectivity index (χ4v) is 3.74. The number of allylic oxidation sites excluding steroid dienone is 1. The number of rotatable bonds is 1. The van der Waals surface area contributed by atoms with Crippen molar-refractivity contribution in [3.05, 3.63) is 47.8 Å². The summed E-state index contributed by atoms with van der Waals surface area (Å²) in [5.41, 5.74) is 3.49. The highest BCUT2D eigenvalue weighted by Gasteiger charge is 2.30. The maximum absolute atomic E-state index is 11.8. The number of ketones is 1. The predicted molar refractivity (Wildman–Crippen MR) is 92.5 cm³/mol. The molecule has 0 saturated carbocycles. The number of aromatic nitrogens is 1. The van der Waals surface area contributed by atoms with Gasteiger partial charge in [0, 0.05) is 54.6 Å². The van der Waals surface area contributed by atoms with Crippen molar-refractivity contribution in [1.29, 1.82) is 5.26 Å². The number of nitrogens with zero attached hydrogens (tertiary/aromatic N) is 4. The van der Waals surface area contributed by atoms with Gasteiger partial charge in [0.15, 0.2) is 5.78 Å². The van der Waals surface area contributed by atoms with E-state index in [0.717, 1.165) is 35.4 Å². The first-order chi connectivity index (χ1) is 11.7. The second kappa shape index (κ2) is 5.64. The smallest absolute Gasteiger partial charge is 0.159 e. The number of benzene rings is 1. The van der Waals surface area contributed by atoms with Crippen LogP contribution in [0.5, 0.6) is 0 Å². The van der Waals surface area contributed by atoms with Crippen molar-refractivity contribution >= 4 is 22.4 Å². The van der Waals surface area contributed by atoms with E-state index in [0.29, 0.717) is 24.6 Å². The van der Waals surface area contributed by atoms with Gasteiger partial charge in [-0.05, 0) is 31.2 Å². The highest BCUT2D eigenvalue weighted by Crippen LogP contribution is 2.32. The number of carbonyl (C=O) groups excluding carboxylic acids is 1. The molecule has 1 saturated heterocycles. The average molecular weight is 318 g/mol. The van der Waals surface area contributed by atoms with Gasteiger partial charge in [-0.25, -0.2) is 0 Å². The van der Waals surface area contributed by atoms with Crippen LogP contribution in [0.2, 0.25) is 0 Å². The summed E-state index contributed by atoms with van der Waals surface area (Å²) in [5.74, 6) is 0.210. The molecule has 5 nitrogen and oxygen atoms in total. The highest BCUT2D eigenvalue weighted by atomic mass is 16.1. The number of piperazine rings is 1. The molecule has 4 rings (SSSR count). The Balaban J connectivity index is 1.79. The topological polar surface area (TPSA) is 60.2 Å². The van der Waals surface area contributed by atoms with Crippen LogP contribution in [0.3, 0.4) is 0 Å². The lowest BCUT2D eigenvalue weighted by Gasteiger charge is -2.45. The summed E-state index contributed by atoms with van der Waals surface area (Å²) in [5, 5.41) is 10.3. The van der Waals surface area contributed by atoms with E-state index in [1.807, 2.05) is 24.3 Å². The molecule has 0 aliphatic carbocycles. The molecule has 2 aromatic rings. The molecule has 0 N–H and O–H groups in total. The van der Waals surface area contributed by atoms with Crippen LogP contribution < -0.4 is 4.90 Å². The van der Waals surface area contributed by atoms with Crippen LogP contribution in [0.25, 0.3) is 10.9 Å². The third-order valence-corrected chi connectivity index (χ3v) is 4.87. The molecule has 0 amide bonds. The van der Waals surface area contributed by atoms with Crippen LogP contribution in [0, 0.1) is 11.3 Å². The van der Waals surface area contributed by atoms with Crippen LogP contribution in [0.1, 0.15) is 18.9 Å². The zero-order chi connectivity index (χ0) is 16.7. The van der Waals surface area contributed by atoms with Gasteiger partial charge in [0.05, 0.1) is 17.6 Å². The minimum absolute atomic E-state index is 0.210. The Kier molecular flexibility index (Phi) is 3.46. The maximum Gasteiger partial charge on any atom is 0.159 e. The van der Waals surface area contributed by atoms with E-state index in [2.05, 4.69) is 27.8 Å². The predicted octanol–water partition coefficient (Wildman–Crippen LogP) is 2.47. The Morgan fingerprint density at radius 3 is 3.04 bits per heavy atom. The van der Waals surface area contributed by atoms with Gasteiger partial charge in [0.1, 0.15) is 6.07 Å². The van der Waals surface area contributed by atoms with Crippen LogP contribution in [0.4, 0.5) is 5.69 Å². The van der Waals surface area contributed by atoms with Crippen molar-refractivity contribution < 1.29 is 4.79 Å². The lowest BCUT2D eigenvalue weighted by molar-refractivity contribution is -0.115. The lowest BCUT2D eigenvalue weighted by atomic mass is 10.0. The summed E-state index contributed by atoms with van der Waals surface area (Å²) in [6.45, 7) is 4.61. The largest absolute Gasteiger partial charge is 0.368 e. The van der Waals surface area contributed by atoms with Gasteiger partial charge in [-0.1, -0.05) is 0 Å². The van der Waals surface area contributed by atoms with Crippen molar-refractivity contribution in [2.45, 2.75) is 19.4 Å². The number of carbonyl (C=O) groups is 1. The van der Waals surface area contributed by atoms with Gasteiger partial charge in [-0.15, -0.1) is 0 Å². The summed E-state index contributed by atoms with van der Waals surface area (Å²) in [7, 11) is 0. The molecule has 1 aromatic heterocycles. The van der Waals surface area contributed by atoms with E-state index >= 15 is 0 Å². The normalized spacial score (nSPS) is 20.6. The van der Waals surface area contributed by atoms with Crippen molar-refractivity contribution in [1.82, 2.24) is 9.88 Å². The van der Waals surface area contributed by atoms with Gasteiger partial charge in [-0.3, -0.25) is 9.78 Å². The SMILES string of the molecule is C[C@@H]1CN(c2ccc(C#N)c3ncccc23)CC2=CC(=O)CCN21. The van der Waals surface area contributed by atoms with Gasteiger partial charge < -0.3 is 9.80 Å². The third kappa shape index (κ3) is 2.31. The number of hydrogen-bond donors (Lipinski definition) is 0. The van der Waals surface area contributed by atoms with E-state index in [9.17, 15) is 10.1 Å². The molecule has 0 unspecified atom stereocenters. The van der Waals surface area contributed by atoms with Gasteiger partial charge in [0.2, 0.25) is 0 Å². The van der Waals surface area contributed by atoms with Crippen molar-refractivity contribution in [3.8, 4) is 6.07 Å². The Morgan fingerprint density at radius 2 is 2.21 bits per heavy atom. The molecule has 5 heteroatoms. The van der Waals surface area contributed by atoms with Crippen molar-refractivity contribution in [2.75, 3.05) is 24.5 Å². The molecule has 0 spiro atoms.